The van der Waals surface area contributed by atoms with Gasteiger partial charge in [-0.1, -0.05) is 12.1 Å². The van der Waals surface area contributed by atoms with Crippen LogP contribution < -0.4 is 10.3 Å². The van der Waals surface area contributed by atoms with E-state index >= 15 is 0 Å². The molecular weight excluding hydrogens is 328 g/mol. The van der Waals surface area contributed by atoms with Gasteiger partial charge in [0.1, 0.15) is 22.8 Å². The van der Waals surface area contributed by atoms with E-state index < -0.39 is 0 Å². The molecule has 24 heavy (non-hydrogen) atoms. The summed E-state index contributed by atoms with van der Waals surface area (Å²) in [6.07, 6.45) is 0. The van der Waals surface area contributed by atoms with Crippen LogP contribution in [0.4, 0.5) is 0 Å². The zero-order valence-corrected chi connectivity index (χ0v) is 13.4. The summed E-state index contributed by atoms with van der Waals surface area (Å²) in [6, 6.07) is 9.23. The van der Waals surface area contributed by atoms with Crippen LogP contribution in [0.25, 0.3) is 21.6 Å². The summed E-state index contributed by atoms with van der Waals surface area (Å²) in [4.78, 5) is 20.5. The molecular formula is C15H12N6O2S. The van der Waals surface area contributed by atoms with Crippen LogP contribution in [-0.2, 0) is 6.54 Å². The molecule has 3 aromatic heterocycles. The van der Waals surface area contributed by atoms with Crippen molar-refractivity contribution >= 4 is 21.6 Å². The monoisotopic (exact) mass is 340 g/mol. The summed E-state index contributed by atoms with van der Waals surface area (Å²) in [5.41, 5.74) is 1.32. The normalized spacial score (nSPS) is 11.0. The van der Waals surface area contributed by atoms with E-state index in [-0.39, 0.29) is 12.1 Å². The number of H-pyrrole nitrogens is 1. The van der Waals surface area contributed by atoms with Gasteiger partial charge in [0, 0.05) is 5.56 Å². The average Bonchev–Trinajstić information content (AvgIpc) is 3.24. The van der Waals surface area contributed by atoms with Crippen LogP contribution in [0.2, 0.25) is 0 Å². The molecule has 4 aromatic rings. The number of nitrogens with one attached hydrogen (secondary N) is 1. The molecule has 0 saturated carbocycles. The average molecular weight is 340 g/mol. The Morgan fingerprint density at radius 2 is 2.25 bits per heavy atom. The van der Waals surface area contributed by atoms with Crippen molar-refractivity contribution in [2.75, 3.05) is 7.11 Å². The lowest BCUT2D eigenvalue weighted by Gasteiger charge is -2.00. The van der Waals surface area contributed by atoms with E-state index in [9.17, 15) is 4.79 Å². The summed E-state index contributed by atoms with van der Waals surface area (Å²) >= 11 is 1.37. The molecule has 8 nitrogen and oxygen atoms in total. The van der Waals surface area contributed by atoms with Crippen LogP contribution in [0.1, 0.15) is 5.82 Å². The lowest BCUT2D eigenvalue weighted by atomic mass is 10.2. The van der Waals surface area contributed by atoms with Gasteiger partial charge >= 0.3 is 0 Å². The lowest BCUT2D eigenvalue weighted by Crippen LogP contribution is -2.14. The first-order chi connectivity index (χ1) is 11.7. The SMILES string of the molecule is COc1cccc(-c2nnn(Cc3nc4ccsc4c(=O)[nH]3)n2)c1. The maximum Gasteiger partial charge on any atom is 0.268 e. The number of tetrazole rings is 1. The Bertz CT molecular complexity index is 1070. The van der Waals surface area contributed by atoms with Gasteiger partial charge in [-0.3, -0.25) is 4.79 Å². The number of nitrogens with zero attached hydrogens (tertiary/aromatic N) is 5. The Hall–Kier alpha value is -3.07. The number of aromatic amines is 1. The molecule has 0 fully saturated rings. The highest BCUT2D eigenvalue weighted by molar-refractivity contribution is 7.17. The first kappa shape index (κ1) is 14.5. The molecule has 4 rings (SSSR count). The zero-order chi connectivity index (χ0) is 16.5. The van der Waals surface area contributed by atoms with Gasteiger partial charge in [0.25, 0.3) is 5.56 Å². The van der Waals surface area contributed by atoms with Crippen molar-refractivity contribution in [3.8, 4) is 17.1 Å². The smallest absolute Gasteiger partial charge is 0.268 e. The molecule has 9 heteroatoms. The summed E-state index contributed by atoms with van der Waals surface area (Å²) < 4.78 is 5.81. The number of thiophene rings is 1. The van der Waals surface area contributed by atoms with Gasteiger partial charge in [-0.2, -0.15) is 4.80 Å². The molecule has 0 atom stereocenters. The third-order valence-corrected chi connectivity index (χ3v) is 4.34. The molecule has 1 aromatic carbocycles. The molecule has 0 spiro atoms. The number of benzene rings is 1. The fourth-order valence-corrected chi connectivity index (χ4v) is 3.04. The highest BCUT2D eigenvalue weighted by Crippen LogP contribution is 2.20. The Morgan fingerprint density at radius 1 is 1.33 bits per heavy atom. The standard InChI is InChI=1S/C15H12N6O2S/c1-23-10-4-2-3-9(7-10)14-18-20-21(19-14)8-12-16-11-5-6-24-13(11)15(22)17-12/h2-7H,8H2,1H3,(H,16,17,22). The van der Waals surface area contributed by atoms with E-state index in [2.05, 4.69) is 25.4 Å². The van der Waals surface area contributed by atoms with Gasteiger partial charge in [0.15, 0.2) is 0 Å². The topological polar surface area (TPSA) is 98.6 Å². The number of hydrogen-bond donors (Lipinski definition) is 1. The number of methoxy groups -OCH3 is 1. The minimum Gasteiger partial charge on any atom is -0.497 e. The molecule has 0 amide bonds. The molecule has 0 aliphatic heterocycles. The fraction of sp³-hybridized carbons (Fsp3) is 0.133. The van der Waals surface area contributed by atoms with Crippen molar-refractivity contribution in [3.63, 3.8) is 0 Å². The number of hydrogen-bond acceptors (Lipinski definition) is 7. The van der Waals surface area contributed by atoms with Crippen molar-refractivity contribution in [2.45, 2.75) is 6.54 Å². The minimum atomic E-state index is -0.155. The van der Waals surface area contributed by atoms with Crippen molar-refractivity contribution in [1.29, 1.82) is 0 Å². The Labute approximate surface area is 139 Å². The number of aromatic nitrogens is 6. The Morgan fingerprint density at radius 3 is 3.12 bits per heavy atom. The summed E-state index contributed by atoms with van der Waals surface area (Å²) in [6.45, 7) is 0.234. The molecule has 0 saturated heterocycles. The van der Waals surface area contributed by atoms with Crippen LogP contribution in [0.15, 0.2) is 40.5 Å². The van der Waals surface area contributed by atoms with Crippen LogP contribution in [-0.4, -0.2) is 37.3 Å². The highest BCUT2D eigenvalue weighted by Gasteiger charge is 2.10. The van der Waals surface area contributed by atoms with Gasteiger partial charge in [0.2, 0.25) is 5.82 Å². The number of fused-ring (bicyclic) bond motifs is 1. The molecule has 0 radical (unpaired) electrons. The lowest BCUT2D eigenvalue weighted by molar-refractivity contribution is 0.415. The molecule has 120 valence electrons. The second-order valence-corrected chi connectivity index (χ2v) is 5.94. The van der Waals surface area contributed by atoms with Crippen LogP contribution in [0.5, 0.6) is 5.75 Å². The van der Waals surface area contributed by atoms with E-state index in [0.717, 1.165) is 11.3 Å². The Balaban J connectivity index is 1.63. The fourth-order valence-electron chi connectivity index (χ4n) is 2.32. The summed E-state index contributed by atoms with van der Waals surface area (Å²) in [5, 5.41) is 14.2. The van der Waals surface area contributed by atoms with Crippen molar-refractivity contribution in [3.05, 3.63) is 51.9 Å². The molecule has 3 heterocycles. The molecule has 0 aliphatic carbocycles. The number of rotatable bonds is 4. The van der Waals surface area contributed by atoms with Gasteiger partial charge < -0.3 is 9.72 Å². The second kappa shape index (κ2) is 5.85. The maximum absolute atomic E-state index is 12.0. The van der Waals surface area contributed by atoms with E-state index in [1.54, 1.807) is 7.11 Å². The molecule has 0 unspecified atom stereocenters. The van der Waals surface area contributed by atoms with Crippen molar-refractivity contribution in [1.82, 2.24) is 30.2 Å². The Kier molecular flexibility index (Phi) is 3.54. The summed E-state index contributed by atoms with van der Waals surface area (Å²) in [7, 11) is 1.60. The number of ether oxygens (including phenoxy) is 1. The predicted octanol–water partition coefficient (Wildman–Crippen LogP) is 1.69. The minimum absolute atomic E-state index is 0.155. The quantitative estimate of drug-likeness (QED) is 0.607. The largest absolute Gasteiger partial charge is 0.497 e. The first-order valence-corrected chi connectivity index (χ1v) is 7.99. The first-order valence-electron chi connectivity index (χ1n) is 7.11. The highest BCUT2D eigenvalue weighted by atomic mass is 32.1. The van der Waals surface area contributed by atoms with Crippen LogP contribution in [0.3, 0.4) is 0 Å². The predicted molar refractivity (Wildman–Crippen MR) is 89.1 cm³/mol. The van der Waals surface area contributed by atoms with Gasteiger partial charge in [-0.25, -0.2) is 4.98 Å². The van der Waals surface area contributed by atoms with Crippen LogP contribution >= 0.6 is 11.3 Å². The van der Waals surface area contributed by atoms with E-state index in [1.165, 1.54) is 16.1 Å². The second-order valence-electron chi connectivity index (χ2n) is 5.02. The van der Waals surface area contributed by atoms with Gasteiger partial charge in [0.05, 0.1) is 12.6 Å². The van der Waals surface area contributed by atoms with E-state index in [1.807, 2.05) is 35.7 Å². The summed E-state index contributed by atoms with van der Waals surface area (Å²) in [5.74, 6) is 1.69. The third kappa shape index (κ3) is 2.65. The van der Waals surface area contributed by atoms with E-state index in [4.69, 9.17) is 4.74 Å². The van der Waals surface area contributed by atoms with Crippen molar-refractivity contribution in [2.24, 2.45) is 0 Å². The third-order valence-electron chi connectivity index (χ3n) is 3.44. The molecule has 0 aliphatic rings. The van der Waals surface area contributed by atoms with E-state index in [0.29, 0.717) is 21.9 Å². The molecule has 0 bridgehead atoms. The van der Waals surface area contributed by atoms with Gasteiger partial charge in [-0.05, 0) is 28.8 Å². The zero-order valence-electron chi connectivity index (χ0n) is 12.6. The maximum atomic E-state index is 12.0. The van der Waals surface area contributed by atoms with Crippen molar-refractivity contribution < 1.29 is 4.74 Å². The molecule has 1 N–H and O–H groups in total. The van der Waals surface area contributed by atoms with Gasteiger partial charge in [-0.15, -0.1) is 21.5 Å². The van der Waals surface area contributed by atoms with Crippen LogP contribution in [0, 0.1) is 0 Å².